The summed E-state index contributed by atoms with van der Waals surface area (Å²) in [4.78, 5) is 23.0. The first-order valence-electron chi connectivity index (χ1n) is 3.71. The fraction of sp³-hybridized carbons (Fsp3) is 0.143. The summed E-state index contributed by atoms with van der Waals surface area (Å²) in [7, 11) is 0. The van der Waals surface area contributed by atoms with E-state index in [4.69, 9.17) is 16.7 Å². The van der Waals surface area contributed by atoms with Crippen molar-refractivity contribution < 1.29 is 23.6 Å². The fourth-order valence-corrected chi connectivity index (χ4v) is 1.26. The molecule has 0 aliphatic rings. The summed E-state index contributed by atoms with van der Waals surface area (Å²) in [6.45, 7) is 0. The van der Waals surface area contributed by atoms with Crippen molar-refractivity contribution in [2.45, 2.75) is 6.43 Å². The van der Waals surface area contributed by atoms with Crippen LogP contribution in [-0.4, -0.2) is 21.0 Å². The van der Waals surface area contributed by atoms with Gasteiger partial charge in [0.25, 0.3) is 11.6 Å². The largest absolute Gasteiger partial charge is 0.478 e. The highest BCUT2D eigenvalue weighted by atomic mass is 35.5. The van der Waals surface area contributed by atoms with Crippen LogP contribution in [0.5, 0.6) is 0 Å². The van der Waals surface area contributed by atoms with Crippen molar-refractivity contribution in [3.05, 3.63) is 32.5 Å². The monoisotopic (exact) mass is 252 g/mol. The molecular formula is C7H3ClF2N2O4. The van der Waals surface area contributed by atoms with Crippen molar-refractivity contribution in [2.24, 2.45) is 0 Å². The van der Waals surface area contributed by atoms with Crippen molar-refractivity contribution >= 4 is 23.4 Å². The number of carbonyl (C=O) groups is 1. The van der Waals surface area contributed by atoms with Crippen molar-refractivity contribution in [1.29, 1.82) is 0 Å². The summed E-state index contributed by atoms with van der Waals surface area (Å²) in [6.07, 6.45) is -3.17. The third kappa shape index (κ3) is 2.22. The Kier molecular flexibility index (Phi) is 3.33. The molecule has 0 aliphatic carbocycles. The van der Waals surface area contributed by atoms with Crippen molar-refractivity contribution in [3.8, 4) is 0 Å². The lowest BCUT2D eigenvalue weighted by Crippen LogP contribution is -2.07. The molecule has 0 spiro atoms. The number of carboxylic acids is 1. The van der Waals surface area contributed by atoms with Crippen molar-refractivity contribution in [3.63, 3.8) is 0 Å². The lowest BCUT2D eigenvalue weighted by Gasteiger charge is -2.04. The van der Waals surface area contributed by atoms with Crippen LogP contribution in [0.2, 0.25) is 5.15 Å². The topological polar surface area (TPSA) is 93.3 Å². The van der Waals surface area contributed by atoms with E-state index in [0.29, 0.717) is 6.07 Å². The van der Waals surface area contributed by atoms with Gasteiger partial charge in [0.1, 0.15) is 0 Å². The third-order valence-corrected chi connectivity index (χ3v) is 1.92. The smallest absolute Gasteiger partial charge is 0.366 e. The molecule has 0 saturated heterocycles. The maximum Gasteiger partial charge on any atom is 0.366 e. The summed E-state index contributed by atoms with van der Waals surface area (Å²) in [5, 5.41) is 18.0. The number of nitrogens with zero attached hydrogens (tertiary/aromatic N) is 2. The van der Waals surface area contributed by atoms with Crippen LogP contribution < -0.4 is 0 Å². The molecule has 16 heavy (non-hydrogen) atoms. The Morgan fingerprint density at radius 3 is 2.56 bits per heavy atom. The summed E-state index contributed by atoms with van der Waals surface area (Å²) >= 11 is 5.26. The Morgan fingerprint density at radius 1 is 1.62 bits per heavy atom. The van der Waals surface area contributed by atoms with E-state index in [2.05, 4.69) is 4.98 Å². The molecule has 9 heteroatoms. The zero-order valence-corrected chi connectivity index (χ0v) is 8.11. The van der Waals surface area contributed by atoms with Crippen LogP contribution in [0.1, 0.15) is 22.3 Å². The Bertz CT molecular complexity index is 466. The SMILES string of the molecule is O=C(O)c1cc([N+](=O)[O-])nc(Cl)c1C(F)F. The van der Waals surface area contributed by atoms with E-state index in [9.17, 15) is 23.7 Å². The van der Waals surface area contributed by atoms with E-state index < -0.39 is 39.4 Å². The van der Waals surface area contributed by atoms with Gasteiger partial charge in [-0.15, -0.1) is 0 Å². The van der Waals surface area contributed by atoms with Gasteiger partial charge in [-0.2, -0.15) is 0 Å². The average molecular weight is 253 g/mol. The minimum atomic E-state index is -3.17. The van der Waals surface area contributed by atoms with Crippen LogP contribution in [0.4, 0.5) is 14.6 Å². The molecule has 1 rings (SSSR count). The molecule has 0 aromatic carbocycles. The first kappa shape index (κ1) is 12.2. The van der Waals surface area contributed by atoms with Gasteiger partial charge in [0.2, 0.25) is 0 Å². The zero-order chi connectivity index (χ0) is 12.5. The van der Waals surface area contributed by atoms with Gasteiger partial charge >= 0.3 is 11.8 Å². The lowest BCUT2D eigenvalue weighted by molar-refractivity contribution is -0.389. The Hall–Kier alpha value is -1.83. The summed E-state index contributed by atoms with van der Waals surface area (Å²) in [5.41, 5.74) is -1.96. The fourth-order valence-electron chi connectivity index (χ4n) is 0.989. The minimum Gasteiger partial charge on any atom is -0.478 e. The first-order valence-corrected chi connectivity index (χ1v) is 4.08. The molecule has 0 bridgehead atoms. The predicted octanol–water partition coefficient (Wildman–Crippen LogP) is 2.28. The van der Waals surface area contributed by atoms with Crippen LogP contribution in [0.3, 0.4) is 0 Å². The number of pyridine rings is 1. The second-order valence-electron chi connectivity index (χ2n) is 2.60. The van der Waals surface area contributed by atoms with Gasteiger partial charge in [0.05, 0.1) is 17.2 Å². The minimum absolute atomic E-state index is 0.440. The van der Waals surface area contributed by atoms with E-state index in [1.807, 2.05) is 0 Å². The number of halogens is 3. The Morgan fingerprint density at radius 2 is 2.19 bits per heavy atom. The number of nitro groups is 1. The molecule has 0 amide bonds. The normalized spacial score (nSPS) is 10.5. The molecule has 0 radical (unpaired) electrons. The summed E-state index contributed by atoms with van der Waals surface area (Å²) in [6, 6.07) is 0.440. The molecule has 0 fully saturated rings. The second-order valence-corrected chi connectivity index (χ2v) is 2.95. The number of alkyl halides is 2. The summed E-state index contributed by atoms with van der Waals surface area (Å²) in [5.74, 6) is -2.63. The molecule has 0 saturated carbocycles. The molecule has 1 heterocycles. The Balaban J connectivity index is 3.52. The quantitative estimate of drug-likeness (QED) is 0.506. The first-order chi connectivity index (χ1) is 7.34. The maximum atomic E-state index is 12.4. The zero-order valence-electron chi connectivity index (χ0n) is 7.35. The predicted molar refractivity (Wildman–Crippen MR) is 47.8 cm³/mol. The molecule has 1 N–H and O–H groups in total. The maximum absolute atomic E-state index is 12.4. The Labute approximate surface area is 91.6 Å². The van der Waals surface area contributed by atoms with Crippen LogP contribution in [0.15, 0.2) is 6.07 Å². The van der Waals surface area contributed by atoms with E-state index in [-0.39, 0.29) is 0 Å². The summed E-state index contributed by atoms with van der Waals surface area (Å²) < 4.78 is 24.8. The van der Waals surface area contributed by atoms with Gasteiger partial charge in [0, 0.05) is 0 Å². The molecular weight excluding hydrogens is 250 g/mol. The van der Waals surface area contributed by atoms with E-state index in [1.165, 1.54) is 0 Å². The highest BCUT2D eigenvalue weighted by molar-refractivity contribution is 6.30. The van der Waals surface area contributed by atoms with Crippen molar-refractivity contribution in [2.75, 3.05) is 0 Å². The van der Waals surface area contributed by atoms with Gasteiger partial charge in [0.15, 0.2) is 0 Å². The molecule has 1 aromatic heterocycles. The number of carboxylic acid groups (broad SMARTS) is 1. The standard InChI is InChI=1S/C7H3ClF2N2O4/c8-5-4(6(9)10)2(7(13)14)1-3(11-5)12(15)16/h1,6H,(H,13,14). The van der Waals surface area contributed by atoms with Crippen molar-refractivity contribution in [1.82, 2.24) is 4.98 Å². The van der Waals surface area contributed by atoms with Gasteiger partial charge < -0.3 is 15.2 Å². The molecule has 0 unspecified atom stereocenters. The second kappa shape index (κ2) is 4.35. The average Bonchev–Trinajstić information content (AvgIpc) is 2.15. The molecule has 0 atom stereocenters. The molecule has 86 valence electrons. The number of hydrogen-bond acceptors (Lipinski definition) is 4. The number of rotatable bonds is 3. The number of hydrogen-bond donors (Lipinski definition) is 1. The highest BCUT2D eigenvalue weighted by Gasteiger charge is 2.28. The number of aromatic nitrogens is 1. The lowest BCUT2D eigenvalue weighted by atomic mass is 10.1. The van der Waals surface area contributed by atoms with E-state index in [0.717, 1.165) is 0 Å². The van der Waals surface area contributed by atoms with Gasteiger partial charge in [-0.3, -0.25) is 0 Å². The van der Waals surface area contributed by atoms with Crippen LogP contribution in [0.25, 0.3) is 0 Å². The van der Waals surface area contributed by atoms with Gasteiger partial charge in [-0.05, 0) is 21.5 Å². The van der Waals surface area contributed by atoms with Crippen LogP contribution >= 0.6 is 11.6 Å². The van der Waals surface area contributed by atoms with Crippen LogP contribution in [0, 0.1) is 10.1 Å². The molecule has 0 aliphatic heterocycles. The molecule has 6 nitrogen and oxygen atoms in total. The van der Waals surface area contributed by atoms with Gasteiger partial charge in [-0.1, -0.05) is 0 Å². The third-order valence-electron chi connectivity index (χ3n) is 1.63. The highest BCUT2D eigenvalue weighted by Crippen LogP contribution is 2.31. The van der Waals surface area contributed by atoms with Crippen LogP contribution in [-0.2, 0) is 0 Å². The number of aromatic carboxylic acids is 1. The van der Waals surface area contributed by atoms with Gasteiger partial charge in [-0.25, -0.2) is 13.6 Å². The van der Waals surface area contributed by atoms with E-state index >= 15 is 0 Å². The van der Waals surface area contributed by atoms with E-state index in [1.54, 1.807) is 0 Å². The molecule has 1 aromatic rings.